The number of hydrogen-bond acceptors (Lipinski definition) is 4. The van der Waals surface area contributed by atoms with Crippen LogP contribution in [-0.2, 0) is 16.2 Å². The number of carbonyl (C=O) groups is 2. The maximum Gasteiger partial charge on any atom is 0.329 e. The summed E-state index contributed by atoms with van der Waals surface area (Å²) in [6, 6.07) is 19.0. The molecule has 0 fully saturated rings. The van der Waals surface area contributed by atoms with Gasteiger partial charge in [-0.15, -0.1) is 0 Å². The van der Waals surface area contributed by atoms with E-state index in [9.17, 15) is 9.59 Å². The van der Waals surface area contributed by atoms with E-state index in [2.05, 4.69) is 15.8 Å². The maximum atomic E-state index is 12.0. The van der Waals surface area contributed by atoms with Crippen molar-refractivity contribution in [3.05, 3.63) is 92.9 Å². The van der Waals surface area contributed by atoms with Crippen molar-refractivity contribution in [3.8, 4) is 5.75 Å². The van der Waals surface area contributed by atoms with E-state index in [4.69, 9.17) is 39.5 Å². The Morgan fingerprint density at radius 1 is 0.903 bits per heavy atom. The van der Waals surface area contributed by atoms with Crippen LogP contribution in [0.25, 0.3) is 0 Å². The van der Waals surface area contributed by atoms with Gasteiger partial charge in [0.25, 0.3) is 0 Å². The zero-order valence-corrected chi connectivity index (χ0v) is 18.2. The number of nitrogens with zero attached hydrogens (tertiary/aromatic N) is 1. The van der Waals surface area contributed by atoms with E-state index in [1.165, 1.54) is 18.3 Å². The Hall–Kier alpha value is -3.06. The third-order valence-electron chi connectivity index (χ3n) is 3.98. The Kier molecular flexibility index (Phi) is 7.89. The summed E-state index contributed by atoms with van der Waals surface area (Å²) < 4.78 is 5.82. The third-order valence-corrected chi connectivity index (χ3v) is 4.80. The van der Waals surface area contributed by atoms with Crippen molar-refractivity contribution in [2.75, 3.05) is 5.32 Å². The Bertz CT molecular complexity index is 1120. The summed E-state index contributed by atoms with van der Waals surface area (Å²) in [6.07, 6.45) is 1.38. The fourth-order valence-electron chi connectivity index (χ4n) is 2.44. The van der Waals surface area contributed by atoms with E-state index < -0.39 is 11.8 Å². The molecule has 3 aromatic carbocycles. The van der Waals surface area contributed by atoms with E-state index in [0.717, 1.165) is 5.56 Å². The molecule has 158 valence electrons. The largest absolute Gasteiger partial charge is 0.488 e. The second kappa shape index (κ2) is 10.8. The van der Waals surface area contributed by atoms with Gasteiger partial charge in [0, 0.05) is 15.6 Å². The maximum absolute atomic E-state index is 12.0. The minimum atomic E-state index is -0.966. The molecule has 0 saturated heterocycles. The lowest BCUT2D eigenvalue weighted by Gasteiger charge is -2.09. The average molecular weight is 477 g/mol. The first kappa shape index (κ1) is 22.6. The van der Waals surface area contributed by atoms with Gasteiger partial charge in [0.15, 0.2) is 0 Å². The summed E-state index contributed by atoms with van der Waals surface area (Å²) in [5.74, 6) is -1.34. The van der Waals surface area contributed by atoms with Gasteiger partial charge in [-0.3, -0.25) is 9.59 Å². The Balaban J connectivity index is 1.58. The van der Waals surface area contributed by atoms with Crippen molar-refractivity contribution in [2.45, 2.75) is 6.61 Å². The molecule has 0 unspecified atom stereocenters. The van der Waals surface area contributed by atoms with Crippen LogP contribution in [0.5, 0.6) is 5.75 Å². The van der Waals surface area contributed by atoms with E-state index >= 15 is 0 Å². The fourth-order valence-corrected chi connectivity index (χ4v) is 2.91. The number of benzene rings is 3. The molecule has 0 spiro atoms. The highest BCUT2D eigenvalue weighted by Crippen LogP contribution is 2.25. The zero-order valence-electron chi connectivity index (χ0n) is 15.9. The minimum Gasteiger partial charge on any atom is -0.488 e. The number of hydrogen-bond donors (Lipinski definition) is 2. The van der Waals surface area contributed by atoms with Crippen LogP contribution in [0, 0.1) is 0 Å². The number of amides is 2. The van der Waals surface area contributed by atoms with Crippen LogP contribution < -0.4 is 15.5 Å². The second-order valence-electron chi connectivity index (χ2n) is 6.23. The highest BCUT2D eigenvalue weighted by atomic mass is 35.5. The van der Waals surface area contributed by atoms with Gasteiger partial charge < -0.3 is 10.1 Å². The Morgan fingerprint density at radius 2 is 1.61 bits per heavy atom. The topological polar surface area (TPSA) is 79.8 Å². The van der Waals surface area contributed by atoms with Crippen molar-refractivity contribution in [1.29, 1.82) is 0 Å². The summed E-state index contributed by atoms with van der Waals surface area (Å²) in [7, 11) is 0. The molecule has 0 radical (unpaired) electrons. The molecule has 2 amide bonds. The number of carbonyl (C=O) groups excluding carboxylic acids is 2. The van der Waals surface area contributed by atoms with E-state index in [1.807, 2.05) is 18.2 Å². The molecule has 0 aromatic heterocycles. The number of hydrazone groups is 1. The summed E-state index contributed by atoms with van der Waals surface area (Å²) in [4.78, 5) is 24.0. The summed E-state index contributed by atoms with van der Waals surface area (Å²) in [6.45, 7) is 0.331. The van der Waals surface area contributed by atoms with Crippen molar-refractivity contribution in [1.82, 2.24) is 5.43 Å². The molecule has 0 atom stereocenters. The van der Waals surface area contributed by atoms with Gasteiger partial charge in [0.2, 0.25) is 0 Å². The molecule has 9 heteroatoms. The molecule has 0 saturated carbocycles. The molecule has 0 aliphatic rings. The van der Waals surface area contributed by atoms with Crippen LogP contribution in [0.4, 0.5) is 5.69 Å². The van der Waals surface area contributed by atoms with Gasteiger partial charge in [-0.2, -0.15) is 5.10 Å². The molecule has 3 aromatic rings. The number of nitrogens with one attached hydrogen (secondary N) is 2. The lowest BCUT2D eigenvalue weighted by atomic mass is 10.2. The quantitative estimate of drug-likeness (QED) is 0.287. The molecule has 3 rings (SSSR count). The van der Waals surface area contributed by atoms with Gasteiger partial charge in [-0.25, -0.2) is 5.43 Å². The average Bonchev–Trinajstić information content (AvgIpc) is 2.76. The van der Waals surface area contributed by atoms with E-state index in [-0.39, 0.29) is 10.7 Å². The van der Waals surface area contributed by atoms with Gasteiger partial charge in [-0.1, -0.05) is 59.1 Å². The van der Waals surface area contributed by atoms with Crippen molar-refractivity contribution >= 4 is 58.5 Å². The van der Waals surface area contributed by atoms with E-state index in [1.54, 1.807) is 36.4 Å². The standard InChI is InChI=1S/C22H16Cl3N3O3/c23-16-7-5-14(6-8-16)13-31-20-4-2-1-3-15(20)12-26-28-22(30)21(29)27-19-11-17(24)9-10-18(19)25/h1-12H,13H2,(H,27,29)(H,28,30)/b26-12+. The number of ether oxygens (including phenoxy) is 1. The zero-order chi connectivity index (χ0) is 22.2. The molecular formula is C22H16Cl3N3O3. The molecule has 31 heavy (non-hydrogen) atoms. The predicted octanol–water partition coefficient (Wildman–Crippen LogP) is 5.31. The van der Waals surface area contributed by atoms with Gasteiger partial charge in [0.1, 0.15) is 12.4 Å². The molecular weight excluding hydrogens is 461 g/mol. The van der Waals surface area contributed by atoms with Crippen LogP contribution in [0.3, 0.4) is 0 Å². The van der Waals surface area contributed by atoms with Crippen molar-refractivity contribution in [2.24, 2.45) is 5.10 Å². The lowest BCUT2D eigenvalue weighted by molar-refractivity contribution is -0.136. The van der Waals surface area contributed by atoms with Gasteiger partial charge in [-0.05, 0) is 48.0 Å². The van der Waals surface area contributed by atoms with Crippen molar-refractivity contribution in [3.63, 3.8) is 0 Å². The predicted molar refractivity (Wildman–Crippen MR) is 123 cm³/mol. The van der Waals surface area contributed by atoms with Gasteiger partial charge in [0.05, 0.1) is 16.9 Å². The highest BCUT2D eigenvalue weighted by molar-refractivity contribution is 6.42. The number of rotatable bonds is 6. The van der Waals surface area contributed by atoms with Crippen molar-refractivity contribution < 1.29 is 14.3 Å². The summed E-state index contributed by atoms with van der Waals surface area (Å²) in [5.41, 5.74) is 3.95. The molecule has 0 bridgehead atoms. The van der Waals surface area contributed by atoms with Crippen LogP contribution in [0.1, 0.15) is 11.1 Å². The second-order valence-corrected chi connectivity index (χ2v) is 7.51. The SMILES string of the molecule is O=C(N/N=C/c1ccccc1OCc1ccc(Cl)cc1)C(=O)Nc1cc(Cl)ccc1Cl. The Labute approximate surface area is 193 Å². The molecule has 0 heterocycles. The summed E-state index contributed by atoms with van der Waals surface area (Å²) >= 11 is 17.7. The molecule has 0 aliphatic carbocycles. The van der Waals surface area contributed by atoms with E-state index in [0.29, 0.717) is 28.0 Å². The number of para-hydroxylation sites is 1. The van der Waals surface area contributed by atoms with Crippen LogP contribution in [-0.4, -0.2) is 18.0 Å². The third kappa shape index (κ3) is 6.72. The Morgan fingerprint density at radius 3 is 2.39 bits per heavy atom. The monoisotopic (exact) mass is 475 g/mol. The number of halogens is 3. The summed E-state index contributed by atoms with van der Waals surface area (Å²) in [5, 5.41) is 7.47. The minimum absolute atomic E-state index is 0.222. The van der Waals surface area contributed by atoms with Crippen LogP contribution >= 0.6 is 34.8 Å². The van der Waals surface area contributed by atoms with Crippen LogP contribution in [0.15, 0.2) is 71.8 Å². The number of anilines is 1. The van der Waals surface area contributed by atoms with Gasteiger partial charge >= 0.3 is 11.8 Å². The molecule has 2 N–H and O–H groups in total. The first-order chi connectivity index (χ1) is 14.9. The van der Waals surface area contributed by atoms with Crippen LogP contribution in [0.2, 0.25) is 15.1 Å². The first-order valence-electron chi connectivity index (χ1n) is 8.98. The molecule has 0 aliphatic heterocycles. The normalized spacial score (nSPS) is 10.7. The lowest BCUT2D eigenvalue weighted by Crippen LogP contribution is -2.32. The highest BCUT2D eigenvalue weighted by Gasteiger charge is 2.15. The first-order valence-corrected chi connectivity index (χ1v) is 10.1. The smallest absolute Gasteiger partial charge is 0.329 e. The molecule has 6 nitrogen and oxygen atoms in total. The fraction of sp³-hybridized carbons (Fsp3) is 0.0455.